The van der Waals surface area contributed by atoms with E-state index in [-0.39, 0.29) is 40.3 Å². The zero-order valence-electron chi connectivity index (χ0n) is 20.1. The van der Waals surface area contributed by atoms with Gasteiger partial charge in [0.15, 0.2) is 11.4 Å². The number of phenolic OH excluding ortho intramolecular Hbond substituents is 1. The summed E-state index contributed by atoms with van der Waals surface area (Å²) in [5.74, 6) is -7.06. The van der Waals surface area contributed by atoms with Gasteiger partial charge in [-0.25, -0.2) is 0 Å². The van der Waals surface area contributed by atoms with E-state index in [2.05, 4.69) is 13.2 Å². The molecule has 0 bridgehead atoms. The number of carbonyl (C=O) groups excluding carboxylic acids is 3. The smallest absolute Gasteiger partial charge is 0.255 e. The first kappa shape index (κ1) is 25.7. The molecule has 3 aliphatic carbocycles. The minimum absolute atomic E-state index is 0.0109. The maximum Gasteiger partial charge on any atom is 0.255 e. The molecule has 36 heavy (non-hydrogen) atoms. The van der Waals surface area contributed by atoms with Crippen molar-refractivity contribution in [3.63, 3.8) is 0 Å². The number of Topliss-reactive ketones (excluding diaryl/α,β-unsaturated/α-hetero) is 2. The fraction of sp³-hybridized carbons (Fsp3) is 0.346. The Balaban J connectivity index is 2.02. The van der Waals surface area contributed by atoms with E-state index in [1.165, 1.54) is 4.90 Å². The number of phenols is 1. The van der Waals surface area contributed by atoms with Crippen LogP contribution in [0.4, 0.5) is 0 Å². The van der Waals surface area contributed by atoms with Crippen LogP contribution >= 0.6 is 11.6 Å². The summed E-state index contributed by atoms with van der Waals surface area (Å²) in [5.41, 5.74) is 2.98. The molecule has 190 valence electrons. The zero-order chi connectivity index (χ0) is 27.0. The molecule has 0 heterocycles. The predicted octanol–water partition coefficient (Wildman–Crippen LogP) is 2.36. The Morgan fingerprint density at radius 2 is 1.81 bits per heavy atom. The van der Waals surface area contributed by atoms with Crippen LogP contribution in [0.25, 0.3) is 10.6 Å². The molecule has 0 saturated carbocycles. The van der Waals surface area contributed by atoms with Gasteiger partial charge in [-0.1, -0.05) is 24.8 Å². The van der Waals surface area contributed by atoms with Crippen molar-refractivity contribution in [2.24, 2.45) is 17.6 Å². The molecular formula is C26H27ClN2O7. The number of benzene rings is 1. The van der Waals surface area contributed by atoms with Crippen LogP contribution in [0.5, 0.6) is 5.75 Å². The average Bonchev–Trinajstić information content (AvgIpc) is 2.75. The van der Waals surface area contributed by atoms with Crippen LogP contribution in [0.3, 0.4) is 0 Å². The number of amides is 1. The number of rotatable bonds is 4. The fourth-order valence-electron chi connectivity index (χ4n) is 5.89. The Kier molecular flexibility index (Phi) is 5.94. The number of allylic oxidation sites excluding steroid dienone is 2. The van der Waals surface area contributed by atoms with Crippen LogP contribution in [-0.4, -0.2) is 68.5 Å². The summed E-state index contributed by atoms with van der Waals surface area (Å²) in [6, 6.07) is 0.532. The van der Waals surface area contributed by atoms with Crippen molar-refractivity contribution < 1.29 is 34.8 Å². The van der Waals surface area contributed by atoms with E-state index in [4.69, 9.17) is 17.3 Å². The highest BCUT2D eigenvalue weighted by Gasteiger charge is 2.63. The molecule has 0 unspecified atom stereocenters. The van der Waals surface area contributed by atoms with Crippen LogP contribution < -0.4 is 5.73 Å². The third-order valence-corrected chi connectivity index (χ3v) is 7.68. The van der Waals surface area contributed by atoms with Gasteiger partial charge >= 0.3 is 0 Å². The molecule has 9 nitrogen and oxygen atoms in total. The second kappa shape index (κ2) is 8.33. The van der Waals surface area contributed by atoms with E-state index < -0.39 is 58.0 Å². The van der Waals surface area contributed by atoms with E-state index in [1.807, 2.05) is 0 Å². The Hall–Kier alpha value is -3.40. The highest BCUT2D eigenvalue weighted by molar-refractivity contribution is 6.48. The van der Waals surface area contributed by atoms with Gasteiger partial charge in [-0.05, 0) is 62.5 Å². The lowest BCUT2D eigenvalue weighted by molar-refractivity contribution is -0.148. The van der Waals surface area contributed by atoms with Gasteiger partial charge in [-0.2, -0.15) is 0 Å². The number of hydrogen-bond donors (Lipinski definition) is 5. The molecule has 0 aliphatic heterocycles. The molecule has 10 heteroatoms. The molecule has 1 aromatic carbocycles. The van der Waals surface area contributed by atoms with E-state index >= 15 is 0 Å². The van der Waals surface area contributed by atoms with Crippen molar-refractivity contribution in [2.75, 3.05) is 14.1 Å². The van der Waals surface area contributed by atoms with Crippen molar-refractivity contribution in [1.82, 2.24) is 4.90 Å². The number of halogens is 1. The molecule has 0 radical (unpaired) electrons. The average molecular weight is 515 g/mol. The van der Waals surface area contributed by atoms with Crippen LogP contribution in [-0.2, 0) is 16.0 Å². The Morgan fingerprint density at radius 3 is 2.31 bits per heavy atom. The SMILES string of the molecule is C=C(C)c1cc(C(=C)Cl)c2c(c1O)C(=O)C1=C(O)[C@]3(O)C(=O)C(C(N)=O)=C(O)[C@@H](N(C)C)[C@@H]3C[C@@H]1C2. The van der Waals surface area contributed by atoms with Gasteiger partial charge in [0.05, 0.1) is 11.6 Å². The minimum Gasteiger partial charge on any atom is -0.510 e. The number of primary amides is 1. The van der Waals surface area contributed by atoms with Gasteiger partial charge in [0.2, 0.25) is 5.78 Å². The van der Waals surface area contributed by atoms with Gasteiger partial charge in [0, 0.05) is 22.1 Å². The van der Waals surface area contributed by atoms with Gasteiger partial charge in [0.1, 0.15) is 22.8 Å². The van der Waals surface area contributed by atoms with Crippen molar-refractivity contribution in [3.05, 3.63) is 64.1 Å². The molecule has 0 aromatic heterocycles. The van der Waals surface area contributed by atoms with Crippen LogP contribution in [0, 0.1) is 11.8 Å². The summed E-state index contributed by atoms with van der Waals surface area (Å²) in [4.78, 5) is 40.6. The topological polar surface area (TPSA) is 161 Å². The lowest BCUT2D eigenvalue weighted by Gasteiger charge is -2.50. The van der Waals surface area contributed by atoms with Gasteiger partial charge in [-0.3, -0.25) is 19.3 Å². The van der Waals surface area contributed by atoms with Gasteiger partial charge in [-0.15, -0.1) is 0 Å². The highest BCUT2D eigenvalue weighted by Crippen LogP contribution is 2.53. The molecule has 1 amide bonds. The maximum atomic E-state index is 13.8. The van der Waals surface area contributed by atoms with Crippen molar-refractivity contribution in [1.29, 1.82) is 0 Å². The number of aromatic hydroxyl groups is 1. The number of nitrogens with zero attached hydrogens (tertiary/aromatic N) is 1. The third kappa shape index (κ3) is 3.27. The lowest BCUT2D eigenvalue weighted by Crippen LogP contribution is -2.63. The highest BCUT2D eigenvalue weighted by atomic mass is 35.5. The van der Waals surface area contributed by atoms with Gasteiger partial charge < -0.3 is 26.2 Å². The summed E-state index contributed by atoms with van der Waals surface area (Å²) in [6.07, 6.45) is 0.114. The summed E-state index contributed by atoms with van der Waals surface area (Å²) in [5, 5.41) is 44.9. The van der Waals surface area contributed by atoms with E-state index in [0.29, 0.717) is 16.7 Å². The Bertz CT molecular complexity index is 1360. The number of hydrogen-bond acceptors (Lipinski definition) is 8. The summed E-state index contributed by atoms with van der Waals surface area (Å²) in [7, 11) is 3.14. The van der Waals surface area contributed by atoms with Crippen molar-refractivity contribution in [2.45, 2.75) is 31.4 Å². The summed E-state index contributed by atoms with van der Waals surface area (Å²) < 4.78 is 0. The molecule has 1 aromatic rings. The number of nitrogens with two attached hydrogens (primary N) is 1. The first-order valence-electron chi connectivity index (χ1n) is 11.2. The first-order chi connectivity index (χ1) is 16.7. The molecule has 3 aliphatic rings. The molecule has 4 rings (SSSR count). The summed E-state index contributed by atoms with van der Waals surface area (Å²) >= 11 is 6.25. The second-order valence-corrected chi connectivity index (χ2v) is 10.3. The van der Waals surface area contributed by atoms with Crippen LogP contribution in [0.15, 0.2) is 41.9 Å². The molecule has 6 N–H and O–H groups in total. The Labute approximate surface area is 212 Å². The number of carbonyl (C=O) groups is 3. The van der Waals surface area contributed by atoms with E-state index in [9.17, 15) is 34.8 Å². The molecule has 4 atom stereocenters. The molecular weight excluding hydrogens is 488 g/mol. The lowest BCUT2D eigenvalue weighted by atomic mass is 9.58. The third-order valence-electron chi connectivity index (χ3n) is 7.47. The molecule has 0 saturated heterocycles. The number of aliphatic hydroxyl groups is 3. The maximum absolute atomic E-state index is 13.8. The Morgan fingerprint density at radius 1 is 1.19 bits per heavy atom. The standard InChI is InChI=1S/C26H27ClN2O7/c1-9(2)12-8-13(10(3)27)14-6-11-7-15-19(29(4)5)22(32)18(25(28)35)24(34)26(15,36)23(33)16(11)21(31)17(14)20(12)30/h8,11,15,19,30,32-33,36H,1,3,6-7H2,2,4-5H3,(H2,28,35)/t11-,15-,19-,26-/m0/s1. The number of likely N-dealkylation sites (N-methyl/N-ethyl adjacent to an activating group) is 1. The van der Waals surface area contributed by atoms with E-state index in [0.717, 1.165) is 0 Å². The minimum atomic E-state index is -2.69. The molecule has 0 fully saturated rings. The normalized spacial score (nSPS) is 27.6. The predicted molar refractivity (Wildman–Crippen MR) is 133 cm³/mol. The second-order valence-electron chi connectivity index (χ2n) is 9.82. The van der Waals surface area contributed by atoms with E-state index in [1.54, 1.807) is 27.1 Å². The molecule has 0 spiro atoms. The van der Waals surface area contributed by atoms with Crippen molar-refractivity contribution >= 4 is 39.7 Å². The monoisotopic (exact) mass is 514 g/mol. The zero-order valence-corrected chi connectivity index (χ0v) is 20.8. The van der Waals surface area contributed by atoms with Crippen LogP contribution in [0.2, 0.25) is 0 Å². The first-order valence-corrected chi connectivity index (χ1v) is 11.6. The number of ketones is 2. The van der Waals surface area contributed by atoms with Crippen molar-refractivity contribution in [3.8, 4) is 5.75 Å². The summed E-state index contributed by atoms with van der Waals surface area (Å²) in [6.45, 7) is 9.23. The largest absolute Gasteiger partial charge is 0.510 e. The quantitative estimate of drug-likeness (QED) is 0.382. The van der Waals surface area contributed by atoms with Crippen LogP contribution in [0.1, 0.15) is 40.4 Å². The fourth-order valence-corrected chi connectivity index (χ4v) is 6.05. The number of aliphatic hydroxyl groups excluding tert-OH is 2. The van der Waals surface area contributed by atoms with Gasteiger partial charge in [0.25, 0.3) is 5.91 Å². The number of fused-ring (bicyclic) bond motifs is 3.